The average Bonchev–Trinajstić information content (AvgIpc) is 2.36. The molecule has 1 atom stereocenters. The summed E-state index contributed by atoms with van der Waals surface area (Å²) in [5, 5.41) is 11.2. The molecule has 1 unspecified atom stereocenters. The molecule has 1 rings (SSSR count). The Labute approximate surface area is 106 Å². The van der Waals surface area contributed by atoms with Crippen molar-refractivity contribution in [1.29, 1.82) is 0 Å². The van der Waals surface area contributed by atoms with Gasteiger partial charge in [0.1, 0.15) is 18.5 Å². The minimum atomic E-state index is -0.523. The Morgan fingerprint density at radius 3 is 3.00 bits per heavy atom. The number of carbonyl (C=O) groups is 1. The first-order chi connectivity index (χ1) is 8.65. The maximum Gasteiger partial charge on any atom is 0.411 e. The lowest BCUT2D eigenvalue weighted by molar-refractivity contribution is 0.118. The smallest absolute Gasteiger partial charge is 0.411 e. The Balaban J connectivity index is 2.53. The Bertz CT molecular complexity index is 384. The summed E-state index contributed by atoms with van der Waals surface area (Å²) in [5.74, 6) is 0.477. The number of ether oxygens (including phenoxy) is 2. The van der Waals surface area contributed by atoms with Crippen LogP contribution < -0.4 is 10.1 Å². The molecular weight excluding hydrogens is 236 g/mol. The summed E-state index contributed by atoms with van der Waals surface area (Å²) in [6.07, 6.45) is 3.09. The van der Waals surface area contributed by atoms with Crippen molar-refractivity contribution in [2.75, 3.05) is 18.5 Å². The molecule has 2 N–H and O–H groups in total. The molecule has 1 heterocycles. The molecule has 0 saturated carbocycles. The number of hydrogen-bond donors (Lipinski definition) is 2. The van der Waals surface area contributed by atoms with E-state index in [2.05, 4.69) is 10.3 Å². The highest BCUT2D eigenvalue weighted by Crippen LogP contribution is 2.15. The van der Waals surface area contributed by atoms with Crippen molar-refractivity contribution >= 4 is 11.8 Å². The normalized spacial score (nSPS) is 11.7. The highest BCUT2D eigenvalue weighted by Gasteiger charge is 2.08. The van der Waals surface area contributed by atoms with E-state index in [1.54, 1.807) is 6.07 Å². The fraction of sp³-hybridized carbons (Fsp3) is 0.500. The Morgan fingerprint density at radius 1 is 1.56 bits per heavy atom. The lowest BCUT2D eigenvalue weighted by Crippen LogP contribution is -2.19. The van der Waals surface area contributed by atoms with Gasteiger partial charge in [0.15, 0.2) is 0 Å². The standard InChI is InChI=1S/C12H18N2O4/c1-3-9(2)18-12(16)14-10-6-11(8-13-7-10)17-5-4-15/h6-9,15H,3-5H2,1-2H3,(H,14,16). The van der Waals surface area contributed by atoms with Gasteiger partial charge < -0.3 is 14.6 Å². The summed E-state index contributed by atoms with van der Waals surface area (Å²) in [5.41, 5.74) is 0.485. The van der Waals surface area contributed by atoms with Crippen LogP contribution in [0, 0.1) is 0 Å². The molecule has 0 aliphatic carbocycles. The highest BCUT2D eigenvalue weighted by molar-refractivity contribution is 5.84. The van der Waals surface area contributed by atoms with Gasteiger partial charge in [-0.25, -0.2) is 4.79 Å². The van der Waals surface area contributed by atoms with Crippen LogP contribution in [0.25, 0.3) is 0 Å². The molecule has 0 bridgehead atoms. The zero-order valence-corrected chi connectivity index (χ0v) is 10.5. The van der Waals surface area contributed by atoms with Crippen molar-refractivity contribution in [3.05, 3.63) is 18.5 Å². The van der Waals surface area contributed by atoms with E-state index >= 15 is 0 Å². The first-order valence-corrected chi connectivity index (χ1v) is 5.82. The molecule has 0 spiro atoms. The summed E-state index contributed by atoms with van der Waals surface area (Å²) < 4.78 is 10.2. The first kappa shape index (κ1) is 14.2. The van der Waals surface area contributed by atoms with E-state index in [0.717, 1.165) is 6.42 Å². The van der Waals surface area contributed by atoms with Crippen LogP contribution >= 0.6 is 0 Å². The first-order valence-electron chi connectivity index (χ1n) is 5.82. The second kappa shape index (κ2) is 7.50. The number of carbonyl (C=O) groups excluding carboxylic acids is 1. The summed E-state index contributed by atoms with van der Waals surface area (Å²) in [6.45, 7) is 3.86. The van der Waals surface area contributed by atoms with Crippen LogP contribution in [-0.4, -0.2) is 35.5 Å². The molecule has 6 heteroatoms. The Kier molecular flexibility index (Phi) is 5.93. The number of amides is 1. The van der Waals surface area contributed by atoms with Crippen LogP contribution in [0.2, 0.25) is 0 Å². The summed E-state index contributed by atoms with van der Waals surface area (Å²) in [7, 11) is 0. The van der Waals surface area contributed by atoms with Crippen molar-refractivity contribution in [3.63, 3.8) is 0 Å². The number of aliphatic hydroxyl groups excluding tert-OH is 1. The van der Waals surface area contributed by atoms with Gasteiger partial charge in [-0.05, 0) is 13.3 Å². The Hall–Kier alpha value is -1.82. The number of anilines is 1. The second-order valence-electron chi connectivity index (χ2n) is 3.73. The molecule has 1 aromatic rings. The van der Waals surface area contributed by atoms with E-state index in [4.69, 9.17) is 14.6 Å². The molecule has 1 aromatic heterocycles. The van der Waals surface area contributed by atoms with Crippen molar-refractivity contribution < 1.29 is 19.4 Å². The summed E-state index contributed by atoms with van der Waals surface area (Å²) >= 11 is 0. The monoisotopic (exact) mass is 254 g/mol. The fourth-order valence-corrected chi connectivity index (χ4v) is 1.14. The van der Waals surface area contributed by atoms with Gasteiger partial charge in [-0.3, -0.25) is 10.3 Å². The lowest BCUT2D eigenvalue weighted by Gasteiger charge is -2.12. The van der Waals surface area contributed by atoms with Gasteiger partial charge in [0.2, 0.25) is 0 Å². The molecule has 100 valence electrons. The number of nitrogens with zero attached hydrogens (tertiary/aromatic N) is 1. The third-order valence-electron chi connectivity index (χ3n) is 2.20. The largest absolute Gasteiger partial charge is 0.490 e. The van der Waals surface area contributed by atoms with Crippen molar-refractivity contribution in [2.24, 2.45) is 0 Å². The molecule has 0 aliphatic heterocycles. The highest BCUT2D eigenvalue weighted by atomic mass is 16.6. The van der Waals surface area contributed by atoms with Crippen molar-refractivity contribution in [3.8, 4) is 5.75 Å². The summed E-state index contributed by atoms with van der Waals surface area (Å²) in [6, 6.07) is 1.61. The zero-order valence-electron chi connectivity index (χ0n) is 10.5. The van der Waals surface area contributed by atoms with Crippen LogP contribution in [0.3, 0.4) is 0 Å². The third-order valence-corrected chi connectivity index (χ3v) is 2.20. The lowest BCUT2D eigenvalue weighted by atomic mass is 10.3. The van der Waals surface area contributed by atoms with Gasteiger partial charge in [-0.1, -0.05) is 6.92 Å². The molecule has 0 fully saturated rings. The minimum Gasteiger partial charge on any atom is -0.490 e. The predicted octanol–water partition coefficient (Wildman–Crippen LogP) is 1.80. The maximum atomic E-state index is 11.5. The quantitative estimate of drug-likeness (QED) is 0.809. The third kappa shape index (κ3) is 5.01. The topological polar surface area (TPSA) is 80.7 Å². The van der Waals surface area contributed by atoms with E-state index in [1.165, 1.54) is 12.4 Å². The second-order valence-corrected chi connectivity index (χ2v) is 3.73. The van der Waals surface area contributed by atoms with E-state index < -0.39 is 6.09 Å². The number of rotatable bonds is 6. The predicted molar refractivity (Wildman–Crippen MR) is 66.7 cm³/mol. The fourth-order valence-electron chi connectivity index (χ4n) is 1.14. The maximum absolute atomic E-state index is 11.5. The molecular formula is C12H18N2O4. The van der Waals surface area contributed by atoms with Crippen LogP contribution in [0.5, 0.6) is 5.75 Å². The molecule has 18 heavy (non-hydrogen) atoms. The molecule has 0 aromatic carbocycles. The summed E-state index contributed by atoms with van der Waals surface area (Å²) in [4.78, 5) is 15.4. The van der Waals surface area contributed by atoms with Crippen LogP contribution in [0.1, 0.15) is 20.3 Å². The van der Waals surface area contributed by atoms with E-state index in [0.29, 0.717) is 11.4 Å². The number of aromatic nitrogens is 1. The van der Waals surface area contributed by atoms with Gasteiger partial charge >= 0.3 is 6.09 Å². The Morgan fingerprint density at radius 2 is 2.33 bits per heavy atom. The van der Waals surface area contributed by atoms with Crippen LogP contribution in [0.4, 0.5) is 10.5 Å². The van der Waals surface area contributed by atoms with Gasteiger partial charge in [-0.2, -0.15) is 0 Å². The van der Waals surface area contributed by atoms with E-state index in [-0.39, 0.29) is 19.3 Å². The molecule has 1 amide bonds. The van der Waals surface area contributed by atoms with E-state index in [9.17, 15) is 4.79 Å². The molecule has 0 saturated heterocycles. The average molecular weight is 254 g/mol. The van der Waals surface area contributed by atoms with Crippen molar-refractivity contribution in [2.45, 2.75) is 26.4 Å². The van der Waals surface area contributed by atoms with Gasteiger partial charge in [0.05, 0.1) is 24.7 Å². The minimum absolute atomic E-state index is 0.0757. The molecule has 0 aliphatic rings. The molecule has 6 nitrogen and oxygen atoms in total. The van der Waals surface area contributed by atoms with Gasteiger partial charge in [-0.15, -0.1) is 0 Å². The number of pyridine rings is 1. The van der Waals surface area contributed by atoms with Crippen LogP contribution in [0.15, 0.2) is 18.5 Å². The molecule has 0 radical (unpaired) electrons. The SMILES string of the molecule is CCC(C)OC(=O)Nc1cncc(OCCO)c1. The zero-order chi connectivity index (χ0) is 13.4. The number of hydrogen-bond acceptors (Lipinski definition) is 5. The number of aliphatic hydroxyl groups is 1. The van der Waals surface area contributed by atoms with Gasteiger partial charge in [0.25, 0.3) is 0 Å². The van der Waals surface area contributed by atoms with Crippen LogP contribution in [-0.2, 0) is 4.74 Å². The number of nitrogens with one attached hydrogen (secondary N) is 1. The van der Waals surface area contributed by atoms with Gasteiger partial charge in [0, 0.05) is 6.07 Å². The van der Waals surface area contributed by atoms with E-state index in [1.807, 2.05) is 13.8 Å². The van der Waals surface area contributed by atoms with Crippen molar-refractivity contribution in [1.82, 2.24) is 4.98 Å².